The minimum Gasteiger partial charge on any atom is -0.360 e. The summed E-state index contributed by atoms with van der Waals surface area (Å²) in [7, 11) is 0. The second-order valence-electron chi connectivity index (χ2n) is 6.89. The van der Waals surface area contributed by atoms with E-state index in [2.05, 4.69) is 27.5 Å². The average Bonchev–Trinajstić information content (AvgIpc) is 3.27. The molecule has 1 saturated heterocycles. The van der Waals surface area contributed by atoms with Gasteiger partial charge in [-0.05, 0) is 25.0 Å². The highest BCUT2D eigenvalue weighted by Gasteiger charge is 2.33. The highest BCUT2D eigenvalue weighted by Crippen LogP contribution is 2.37. The van der Waals surface area contributed by atoms with E-state index in [1.165, 1.54) is 10.5 Å². The van der Waals surface area contributed by atoms with Crippen LogP contribution in [0.1, 0.15) is 11.3 Å². The molecule has 1 unspecified atom stereocenters. The Morgan fingerprint density at radius 2 is 2.04 bits per heavy atom. The van der Waals surface area contributed by atoms with Gasteiger partial charge in [0.15, 0.2) is 5.82 Å². The van der Waals surface area contributed by atoms with Crippen molar-refractivity contribution in [3.05, 3.63) is 41.7 Å². The van der Waals surface area contributed by atoms with Gasteiger partial charge in [-0.1, -0.05) is 23.4 Å². The molecule has 1 N–H and O–H groups in total. The van der Waals surface area contributed by atoms with Gasteiger partial charge in [0.05, 0.1) is 11.8 Å². The van der Waals surface area contributed by atoms with Crippen LogP contribution in [0.4, 0.5) is 5.82 Å². The van der Waals surface area contributed by atoms with Crippen LogP contribution in [0.25, 0.3) is 0 Å². The van der Waals surface area contributed by atoms with Crippen molar-refractivity contribution < 1.29 is 14.1 Å². The van der Waals surface area contributed by atoms with Crippen molar-refractivity contribution in [3.8, 4) is 0 Å². The fraction of sp³-hybridized carbons (Fsp3) is 0.421. The number of hydrogen-bond acceptors (Lipinski definition) is 6. The van der Waals surface area contributed by atoms with Gasteiger partial charge in [-0.2, -0.15) is 0 Å². The molecule has 2 aliphatic heterocycles. The highest BCUT2D eigenvalue weighted by atomic mass is 32.2. The van der Waals surface area contributed by atoms with E-state index in [0.717, 1.165) is 6.42 Å². The quantitative estimate of drug-likeness (QED) is 0.863. The van der Waals surface area contributed by atoms with E-state index in [1.54, 1.807) is 24.8 Å². The molecular formula is C19H22N4O3S. The first-order valence-corrected chi connectivity index (χ1v) is 9.95. The van der Waals surface area contributed by atoms with Gasteiger partial charge in [0.2, 0.25) is 11.8 Å². The number of carbonyl (C=O) groups excluding carboxylic acids is 2. The van der Waals surface area contributed by atoms with Crippen molar-refractivity contribution in [1.82, 2.24) is 15.0 Å². The normalized spacial score (nSPS) is 19.7. The Kier molecular flexibility index (Phi) is 5.18. The van der Waals surface area contributed by atoms with Crippen molar-refractivity contribution in [2.75, 3.05) is 38.0 Å². The lowest BCUT2D eigenvalue weighted by Gasteiger charge is -2.35. The number of carbonyl (C=O) groups is 2. The summed E-state index contributed by atoms with van der Waals surface area (Å²) < 4.78 is 4.94. The summed E-state index contributed by atoms with van der Waals surface area (Å²) in [5.41, 5.74) is 1.26. The molecule has 3 heterocycles. The first kappa shape index (κ1) is 18.1. The van der Waals surface area contributed by atoms with E-state index < -0.39 is 0 Å². The van der Waals surface area contributed by atoms with Gasteiger partial charge in [0.1, 0.15) is 5.76 Å². The number of amides is 2. The second kappa shape index (κ2) is 7.74. The van der Waals surface area contributed by atoms with Crippen LogP contribution in [0.3, 0.4) is 0 Å². The highest BCUT2D eigenvalue weighted by molar-refractivity contribution is 8.01. The molecule has 2 aliphatic rings. The maximum Gasteiger partial charge on any atom is 0.239 e. The Balaban J connectivity index is 1.24. The van der Waals surface area contributed by atoms with Gasteiger partial charge >= 0.3 is 0 Å². The van der Waals surface area contributed by atoms with Gasteiger partial charge in [0, 0.05) is 37.1 Å². The third-order valence-electron chi connectivity index (χ3n) is 4.87. The molecule has 0 radical (unpaired) electrons. The molecule has 0 spiro atoms. The van der Waals surface area contributed by atoms with Crippen LogP contribution in [0.5, 0.6) is 0 Å². The van der Waals surface area contributed by atoms with Crippen molar-refractivity contribution in [2.24, 2.45) is 0 Å². The van der Waals surface area contributed by atoms with E-state index in [4.69, 9.17) is 4.52 Å². The largest absolute Gasteiger partial charge is 0.360 e. The maximum absolute atomic E-state index is 12.8. The monoisotopic (exact) mass is 386 g/mol. The maximum atomic E-state index is 12.8. The van der Waals surface area contributed by atoms with Crippen molar-refractivity contribution in [3.63, 3.8) is 0 Å². The molecule has 0 saturated carbocycles. The summed E-state index contributed by atoms with van der Waals surface area (Å²) in [6.07, 6.45) is 0.805. The number of hydrogen-bond donors (Lipinski definition) is 1. The van der Waals surface area contributed by atoms with Gasteiger partial charge in [0.25, 0.3) is 0 Å². The molecule has 1 fully saturated rings. The standard InChI is InChI=1S/C19H22N4O3S/c1-13-10-17(21-26-13)20-18(24)12-22-6-8-23(9-7-22)19(25)16-11-14-4-2-3-5-15(14)27-16/h2-5,10,16H,6-9,11-12H2,1H3,(H,20,21,24). The fourth-order valence-corrected chi connectivity index (χ4v) is 4.74. The molecule has 0 bridgehead atoms. The lowest BCUT2D eigenvalue weighted by molar-refractivity contribution is -0.132. The number of benzene rings is 1. The molecule has 8 heteroatoms. The van der Waals surface area contributed by atoms with Crippen LogP contribution in [0.2, 0.25) is 0 Å². The molecule has 4 rings (SSSR count). The Morgan fingerprint density at radius 1 is 1.26 bits per heavy atom. The topological polar surface area (TPSA) is 78.7 Å². The molecular weight excluding hydrogens is 364 g/mol. The fourth-order valence-electron chi connectivity index (χ4n) is 3.46. The first-order valence-electron chi connectivity index (χ1n) is 9.07. The van der Waals surface area contributed by atoms with Gasteiger partial charge in [-0.15, -0.1) is 11.8 Å². The summed E-state index contributed by atoms with van der Waals surface area (Å²) in [4.78, 5) is 30.2. The summed E-state index contributed by atoms with van der Waals surface area (Å²) in [6.45, 7) is 4.77. The Hall–Kier alpha value is -2.32. The third-order valence-corrected chi connectivity index (χ3v) is 6.17. The van der Waals surface area contributed by atoms with E-state index in [9.17, 15) is 9.59 Å². The Labute approximate surface area is 162 Å². The van der Waals surface area contributed by atoms with E-state index in [0.29, 0.717) is 37.8 Å². The van der Waals surface area contributed by atoms with Crippen LogP contribution in [0, 0.1) is 6.92 Å². The average molecular weight is 386 g/mol. The molecule has 1 atom stereocenters. The van der Waals surface area contributed by atoms with Crippen LogP contribution in [0.15, 0.2) is 39.8 Å². The molecule has 1 aromatic carbocycles. The van der Waals surface area contributed by atoms with Crippen molar-refractivity contribution >= 4 is 29.4 Å². The molecule has 7 nitrogen and oxygen atoms in total. The molecule has 142 valence electrons. The predicted octanol–water partition coefficient (Wildman–Crippen LogP) is 1.78. The van der Waals surface area contributed by atoms with Crippen LogP contribution in [-0.4, -0.2) is 64.7 Å². The van der Waals surface area contributed by atoms with E-state index in [1.807, 2.05) is 17.0 Å². The number of aryl methyl sites for hydroxylation is 1. The predicted molar refractivity (Wildman–Crippen MR) is 103 cm³/mol. The number of anilines is 1. The molecule has 0 aliphatic carbocycles. The number of aromatic nitrogens is 1. The minimum absolute atomic E-state index is 0.0207. The number of nitrogens with zero attached hydrogens (tertiary/aromatic N) is 3. The van der Waals surface area contributed by atoms with Gasteiger partial charge < -0.3 is 14.7 Å². The number of thioether (sulfide) groups is 1. The minimum atomic E-state index is -0.120. The smallest absolute Gasteiger partial charge is 0.239 e. The summed E-state index contributed by atoms with van der Waals surface area (Å²) in [6, 6.07) is 9.91. The van der Waals surface area contributed by atoms with Gasteiger partial charge in [-0.3, -0.25) is 14.5 Å². The lowest BCUT2D eigenvalue weighted by Crippen LogP contribution is -2.52. The van der Waals surface area contributed by atoms with E-state index >= 15 is 0 Å². The summed E-state index contributed by atoms with van der Waals surface area (Å²) >= 11 is 1.67. The molecule has 27 heavy (non-hydrogen) atoms. The summed E-state index contributed by atoms with van der Waals surface area (Å²) in [5.74, 6) is 1.18. The zero-order valence-electron chi connectivity index (χ0n) is 15.2. The van der Waals surface area contributed by atoms with E-state index in [-0.39, 0.29) is 23.6 Å². The van der Waals surface area contributed by atoms with Crippen LogP contribution >= 0.6 is 11.8 Å². The third kappa shape index (κ3) is 4.17. The van der Waals surface area contributed by atoms with Gasteiger partial charge in [-0.25, -0.2) is 0 Å². The number of rotatable bonds is 4. The van der Waals surface area contributed by atoms with Crippen LogP contribution < -0.4 is 5.32 Å². The summed E-state index contributed by atoms with van der Waals surface area (Å²) in [5, 5.41) is 6.47. The van der Waals surface area contributed by atoms with Crippen molar-refractivity contribution in [2.45, 2.75) is 23.5 Å². The van der Waals surface area contributed by atoms with Crippen molar-refractivity contribution in [1.29, 1.82) is 0 Å². The van der Waals surface area contributed by atoms with Crippen LogP contribution in [-0.2, 0) is 16.0 Å². The Morgan fingerprint density at radius 3 is 2.74 bits per heavy atom. The molecule has 2 aromatic rings. The first-order chi connectivity index (χ1) is 13.1. The SMILES string of the molecule is Cc1cc(NC(=O)CN2CCN(C(=O)C3Cc4ccccc4S3)CC2)no1. The number of fused-ring (bicyclic) bond motifs is 1. The Bertz CT molecular complexity index is 820. The number of piperazine rings is 1. The zero-order valence-corrected chi connectivity index (χ0v) is 16.0. The lowest BCUT2D eigenvalue weighted by atomic mass is 10.1. The molecule has 2 amide bonds. The molecule has 1 aromatic heterocycles. The zero-order chi connectivity index (χ0) is 18.8. The number of nitrogens with one attached hydrogen (secondary N) is 1. The second-order valence-corrected chi connectivity index (χ2v) is 8.14.